The number of methoxy groups -OCH3 is 1. The summed E-state index contributed by atoms with van der Waals surface area (Å²) in [4.78, 5) is 6.64. The molecule has 0 fully saturated rings. The average molecular weight is 389 g/mol. The van der Waals surface area contributed by atoms with E-state index in [4.69, 9.17) is 9.47 Å². The van der Waals surface area contributed by atoms with Crippen molar-refractivity contribution in [3.05, 3.63) is 53.8 Å². The predicted molar refractivity (Wildman–Crippen MR) is 109 cm³/mol. The van der Waals surface area contributed by atoms with Crippen molar-refractivity contribution in [3.8, 4) is 17.2 Å². The van der Waals surface area contributed by atoms with Gasteiger partial charge in [-0.25, -0.2) is 4.39 Å². The molecule has 0 saturated carbocycles. The molecule has 0 unspecified atom stereocenters. The van der Waals surface area contributed by atoms with Crippen LogP contribution >= 0.6 is 0 Å². The predicted octanol–water partition coefficient (Wildman–Crippen LogP) is 3.06. The lowest BCUT2D eigenvalue weighted by Crippen LogP contribution is -2.41. The fourth-order valence-corrected chi connectivity index (χ4v) is 2.58. The van der Waals surface area contributed by atoms with Crippen LogP contribution in [0.1, 0.15) is 12.5 Å². The normalized spacial score (nSPS) is 11.2. The molecular formula is C21H28FN3O3. The zero-order valence-electron chi connectivity index (χ0n) is 16.6. The zero-order valence-corrected chi connectivity index (χ0v) is 16.6. The number of ether oxygens (including phenoxy) is 2. The van der Waals surface area contributed by atoms with Crippen molar-refractivity contribution in [2.24, 2.45) is 4.99 Å². The molecule has 0 radical (unpaired) electrons. The van der Waals surface area contributed by atoms with Crippen LogP contribution in [0.5, 0.6) is 17.2 Å². The molecule has 0 atom stereocenters. The number of aliphatic imine (C=N–C) groups is 1. The molecule has 0 aliphatic rings. The minimum atomic E-state index is -0.280. The Morgan fingerprint density at radius 1 is 1.21 bits per heavy atom. The molecule has 2 N–H and O–H groups in total. The van der Waals surface area contributed by atoms with Crippen molar-refractivity contribution in [3.63, 3.8) is 0 Å². The van der Waals surface area contributed by atoms with Crippen LogP contribution in [-0.4, -0.2) is 56.4 Å². The number of aromatic hydroxyl groups is 1. The van der Waals surface area contributed by atoms with Gasteiger partial charge in [0.15, 0.2) is 17.5 Å². The molecule has 0 bridgehead atoms. The van der Waals surface area contributed by atoms with E-state index in [2.05, 4.69) is 10.3 Å². The van der Waals surface area contributed by atoms with Crippen molar-refractivity contribution < 1.29 is 19.0 Å². The monoisotopic (exact) mass is 389 g/mol. The molecule has 2 aromatic carbocycles. The fourth-order valence-electron chi connectivity index (χ4n) is 2.58. The number of halogens is 1. The van der Waals surface area contributed by atoms with Gasteiger partial charge in [-0.05, 0) is 55.3 Å². The first kappa shape index (κ1) is 21.3. The standard InChI is InChI=1S/C21H28FN3O3/c1-4-23-21(24-12-11-16-5-10-19(26)20(15-16)27-3)25(2)13-14-28-18-8-6-17(22)7-9-18/h5-10,15,26H,4,11-14H2,1-3H3,(H,23,24). The number of nitrogens with zero attached hydrogens (tertiary/aromatic N) is 2. The van der Waals surface area contributed by atoms with Crippen LogP contribution in [0.2, 0.25) is 0 Å². The third-order valence-corrected chi connectivity index (χ3v) is 4.11. The fraction of sp³-hybridized carbons (Fsp3) is 0.381. The molecule has 7 heteroatoms. The SMILES string of the molecule is CCNC(=NCCc1ccc(O)c(OC)c1)N(C)CCOc1ccc(F)cc1. The van der Waals surface area contributed by atoms with E-state index in [9.17, 15) is 9.50 Å². The van der Waals surface area contributed by atoms with Crippen molar-refractivity contribution in [2.45, 2.75) is 13.3 Å². The summed E-state index contributed by atoms with van der Waals surface area (Å²) in [6.07, 6.45) is 0.728. The van der Waals surface area contributed by atoms with E-state index in [0.717, 1.165) is 24.5 Å². The summed E-state index contributed by atoms with van der Waals surface area (Å²) in [5.41, 5.74) is 1.04. The minimum Gasteiger partial charge on any atom is -0.504 e. The number of guanidine groups is 1. The lowest BCUT2D eigenvalue weighted by Gasteiger charge is -2.22. The molecule has 2 rings (SSSR count). The van der Waals surface area contributed by atoms with E-state index in [-0.39, 0.29) is 11.6 Å². The van der Waals surface area contributed by atoms with E-state index in [1.54, 1.807) is 18.2 Å². The molecule has 0 aliphatic heterocycles. The third kappa shape index (κ3) is 6.64. The summed E-state index contributed by atoms with van der Waals surface area (Å²) in [6, 6.07) is 11.3. The molecule has 0 heterocycles. The highest BCUT2D eigenvalue weighted by Gasteiger charge is 2.07. The number of phenols is 1. The Hall–Kier alpha value is -2.96. The Bertz CT molecular complexity index is 766. The van der Waals surface area contributed by atoms with Crippen LogP contribution in [0.15, 0.2) is 47.5 Å². The molecule has 0 aliphatic carbocycles. The zero-order chi connectivity index (χ0) is 20.4. The number of phenolic OH excluding ortho intramolecular Hbond substituents is 1. The molecule has 0 saturated heterocycles. The van der Waals surface area contributed by atoms with Crippen molar-refractivity contribution in [1.82, 2.24) is 10.2 Å². The molecule has 6 nitrogen and oxygen atoms in total. The van der Waals surface area contributed by atoms with Gasteiger partial charge >= 0.3 is 0 Å². The minimum absolute atomic E-state index is 0.129. The largest absolute Gasteiger partial charge is 0.504 e. The van der Waals surface area contributed by atoms with Gasteiger partial charge in [-0.3, -0.25) is 4.99 Å². The third-order valence-electron chi connectivity index (χ3n) is 4.11. The molecule has 0 spiro atoms. The first-order chi connectivity index (χ1) is 13.5. The quantitative estimate of drug-likeness (QED) is 0.510. The summed E-state index contributed by atoms with van der Waals surface area (Å²) in [5, 5.41) is 12.9. The Morgan fingerprint density at radius 2 is 1.96 bits per heavy atom. The van der Waals surface area contributed by atoms with Gasteiger partial charge in [-0.15, -0.1) is 0 Å². The second-order valence-electron chi connectivity index (χ2n) is 6.22. The number of hydrogen-bond donors (Lipinski definition) is 2. The Labute approximate surface area is 165 Å². The number of hydrogen-bond acceptors (Lipinski definition) is 4. The molecule has 152 valence electrons. The summed E-state index contributed by atoms with van der Waals surface area (Å²) < 4.78 is 23.7. The van der Waals surface area contributed by atoms with E-state index >= 15 is 0 Å². The highest BCUT2D eigenvalue weighted by Crippen LogP contribution is 2.26. The highest BCUT2D eigenvalue weighted by molar-refractivity contribution is 5.79. The van der Waals surface area contributed by atoms with Crippen molar-refractivity contribution in [2.75, 3.05) is 40.4 Å². The Kier molecular flexibility index (Phi) is 8.39. The maximum Gasteiger partial charge on any atom is 0.193 e. The lowest BCUT2D eigenvalue weighted by molar-refractivity contribution is 0.281. The summed E-state index contributed by atoms with van der Waals surface area (Å²) in [7, 11) is 3.47. The summed E-state index contributed by atoms with van der Waals surface area (Å²) >= 11 is 0. The second kappa shape index (κ2) is 11.0. The number of nitrogens with one attached hydrogen (secondary N) is 1. The smallest absolute Gasteiger partial charge is 0.193 e. The van der Waals surface area contributed by atoms with E-state index < -0.39 is 0 Å². The van der Waals surface area contributed by atoms with Gasteiger partial charge in [0.05, 0.1) is 13.7 Å². The van der Waals surface area contributed by atoms with Crippen LogP contribution in [-0.2, 0) is 6.42 Å². The Balaban J connectivity index is 1.86. The number of benzene rings is 2. The molecule has 0 amide bonds. The van der Waals surface area contributed by atoms with E-state index in [0.29, 0.717) is 31.2 Å². The van der Waals surface area contributed by atoms with Gasteiger partial charge in [0.2, 0.25) is 0 Å². The summed E-state index contributed by atoms with van der Waals surface area (Å²) in [5.74, 6) is 1.73. The van der Waals surface area contributed by atoms with E-state index in [1.807, 2.05) is 31.0 Å². The van der Waals surface area contributed by atoms with Crippen LogP contribution in [0.25, 0.3) is 0 Å². The molecule has 0 aromatic heterocycles. The maximum absolute atomic E-state index is 12.9. The topological polar surface area (TPSA) is 66.3 Å². The lowest BCUT2D eigenvalue weighted by atomic mass is 10.1. The van der Waals surface area contributed by atoms with Gasteiger partial charge in [0.1, 0.15) is 18.2 Å². The maximum atomic E-state index is 12.9. The van der Waals surface area contributed by atoms with Crippen LogP contribution < -0.4 is 14.8 Å². The van der Waals surface area contributed by atoms with Crippen LogP contribution in [0.4, 0.5) is 4.39 Å². The van der Waals surface area contributed by atoms with E-state index in [1.165, 1.54) is 19.2 Å². The van der Waals surface area contributed by atoms with Gasteiger partial charge in [-0.2, -0.15) is 0 Å². The molecule has 2 aromatic rings. The van der Waals surface area contributed by atoms with Crippen LogP contribution in [0, 0.1) is 5.82 Å². The highest BCUT2D eigenvalue weighted by atomic mass is 19.1. The van der Waals surface area contributed by atoms with Crippen molar-refractivity contribution >= 4 is 5.96 Å². The number of likely N-dealkylation sites (N-methyl/N-ethyl adjacent to an activating group) is 1. The number of rotatable bonds is 9. The summed E-state index contributed by atoms with van der Waals surface area (Å²) in [6.45, 7) is 4.47. The van der Waals surface area contributed by atoms with Crippen LogP contribution in [0.3, 0.4) is 0 Å². The first-order valence-corrected chi connectivity index (χ1v) is 9.27. The van der Waals surface area contributed by atoms with Crippen molar-refractivity contribution in [1.29, 1.82) is 0 Å². The average Bonchev–Trinajstić information content (AvgIpc) is 2.70. The van der Waals surface area contributed by atoms with Gasteiger partial charge in [0.25, 0.3) is 0 Å². The Morgan fingerprint density at radius 3 is 2.64 bits per heavy atom. The molecular weight excluding hydrogens is 361 g/mol. The second-order valence-corrected chi connectivity index (χ2v) is 6.22. The molecule has 28 heavy (non-hydrogen) atoms. The van der Waals surface area contributed by atoms with Gasteiger partial charge in [0, 0.05) is 20.1 Å². The van der Waals surface area contributed by atoms with Gasteiger partial charge in [-0.1, -0.05) is 6.07 Å². The van der Waals surface area contributed by atoms with Gasteiger partial charge < -0.3 is 24.8 Å². The first-order valence-electron chi connectivity index (χ1n) is 9.27.